The van der Waals surface area contributed by atoms with Crippen molar-refractivity contribution in [2.45, 2.75) is 6.92 Å². The van der Waals surface area contributed by atoms with E-state index in [1.165, 1.54) is 0 Å². The third kappa shape index (κ3) is 5.27. The zero-order chi connectivity index (χ0) is 18.2. The summed E-state index contributed by atoms with van der Waals surface area (Å²) in [5.41, 5.74) is 11.8. The molecule has 2 aromatic carbocycles. The fourth-order valence-corrected chi connectivity index (χ4v) is 2.46. The molecule has 0 spiro atoms. The first-order chi connectivity index (χ1) is 12.7. The van der Waals surface area contributed by atoms with Crippen LogP contribution >= 0.6 is 0 Å². The Morgan fingerprint density at radius 3 is 2.50 bits per heavy atom. The molecular formula is C21H23N5. The maximum Gasteiger partial charge on any atom is 0.0560 e. The monoisotopic (exact) mass is 345 g/mol. The molecule has 1 heterocycles. The van der Waals surface area contributed by atoms with Crippen molar-refractivity contribution in [2.24, 2.45) is 5.73 Å². The van der Waals surface area contributed by atoms with Crippen molar-refractivity contribution in [2.75, 3.05) is 22.5 Å². The molecule has 3 aromatic rings. The molecule has 5 heteroatoms. The third-order valence-electron chi connectivity index (χ3n) is 3.74. The molecule has 26 heavy (non-hydrogen) atoms. The van der Waals surface area contributed by atoms with Gasteiger partial charge in [-0.3, -0.25) is 4.98 Å². The normalized spacial score (nSPS) is 11.0. The van der Waals surface area contributed by atoms with Crippen LogP contribution in [0.5, 0.6) is 0 Å². The second-order valence-electron chi connectivity index (χ2n) is 5.97. The largest absolute Gasteiger partial charge is 0.399 e. The first kappa shape index (κ1) is 17.4. The third-order valence-corrected chi connectivity index (χ3v) is 3.74. The highest BCUT2D eigenvalue weighted by Crippen LogP contribution is 2.20. The van der Waals surface area contributed by atoms with E-state index in [4.69, 9.17) is 5.73 Å². The van der Waals surface area contributed by atoms with Crippen LogP contribution in [-0.2, 0) is 0 Å². The zero-order valence-corrected chi connectivity index (χ0v) is 14.7. The average molecular weight is 345 g/mol. The molecule has 0 aliphatic rings. The van der Waals surface area contributed by atoms with Gasteiger partial charge in [0, 0.05) is 46.5 Å². The zero-order valence-electron chi connectivity index (χ0n) is 14.7. The summed E-state index contributed by atoms with van der Waals surface area (Å²) < 4.78 is 0. The molecule has 1 aromatic heterocycles. The number of para-hydroxylation sites is 1. The van der Waals surface area contributed by atoms with Crippen molar-refractivity contribution < 1.29 is 0 Å². The van der Waals surface area contributed by atoms with E-state index in [1.807, 2.05) is 79.9 Å². The summed E-state index contributed by atoms with van der Waals surface area (Å²) >= 11 is 0. The molecule has 0 saturated carbocycles. The van der Waals surface area contributed by atoms with Crippen LogP contribution in [0.15, 0.2) is 84.8 Å². The molecule has 0 radical (unpaired) electrons. The second-order valence-corrected chi connectivity index (χ2v) is 5.97. The number of nitrogens with zero attached hydrogens (tertiary/aromatic N) is 1. The van der Waals surface area contributed by atoms with Gasteiger partial charge < -0.3 is 21.7 Å². The molecule has 0 aliphatic heterocycles. The van der Waals surface area contributed by atoms with Crippen LogP contribution in [-0.4, -0.2) is 11.5 Å². The van der Waals surface area contributed by atoms with Gasteiger partial charge in [-0.05, 0) is 49.4 Å². The number of nitrogens with one attached hydrogen (secondary N) is 3. The minimum atomic E-state index is 0.554. The molecule has 0 amide bonds. The molecule has 5 N–H and O–H groups in total. The van der Waals surface area contributed by atoms with Gasteiger partial charge in [-0.25, -0.2) is 0 Å². The van der Waals surface area contributed by atoms with Crippen LogP contribution in [0.3, 0.4) is 0 Å². The standard InChI is InChI=1S/C21H23N5/c1-16-12-20(10-11-23-16)25-15-17(22)14-24-19-8-5-9-21(13-19)26-18-6-3-2-4-7-18/h2-14,24,26H,15,22H2,1H3,(H,23,25)/b17-14-. The van der Waals surface area contributed by atoms with Crippen LogP contribution in [0.4, 0.5) is 22.7 Å². The molecule has 0 unspecified atom stereocenters. The highest BCUT2D eigenvalue weighted by Gasteiger charge is 1.97. The maximum atomic E-state index is 6.07. The van der Waals surface area contributed by atoms with E-state index in [0.717, 1.165) is 28.4 Å². The summed E-state index contributed by atoms with van der Waals surface area (Å²) in [5, 5.41) is 9.89. The number of pyridine rings is 1. The highest BCUT2D eigenvalue weighted by molar-refractivity contribution is 5.65. The van der Waals surface area contributed by atoms with Crippen LogP contribution in [0.2, 0.25) is 0 Å². The summed E-state index contributed by atoms with van der Waals surface area (Å²) in [4.78, 5) is 4.18. The summed E-state index contributed by atoms with van der Waals surface area (Å²) in [5.74, 6) is 0. The van der Waals surface area contributed by atoms with Crippen molar-refractivity contribution in [1.82, 2.24) is 4.98 Å². The van der Waals surface area contributed by atoms with Crippen LogP contribution in [0.1, 0.15) is 5.69 Å². The van der Waals surface area contributed by atoms with Gasteiger partial charge in [0.1, 0.15) is 0 Å². The summed E-state index contributed by atoms with van der Waals surface area (Å²) in [7, 11) is 0. The number of rotatable bonds is 7. The number of aryl methyl sites for hydroxylation is 1. The molecule has 3 rings (SSSR count). The number of hydrogen-bond donors (Lipinski definition) is 4. The Morgan fingerprint density at radius 1 is 0.923 bits per heavy atom. The predicted molar refractivity (Wildman–Crippen MR) is 110 cm³/mol. The topological polar surface area (TPSA) is 75.0 Å². The number of hydrogen-bond acceptors (Lipinski definition) is 5. The minimum Gasteiger partial charge on any atom is -0.399 e. The Hall–Kier alpha value is -3.47. The smallest absolute Gasteiger partial charge is 0.0560 e. The maximum absolute atomic E-state index is 6.07. The van der Waals surface area contributed by atoms with Gasteiger partial charge in [-0.15, -0.1) is 0 Å². The van der Waals surface area contributed by atoms with E-state index in [9.17, 15) is 0 Å². The number of anilines is 4. The van der Waals surface area contributed by atoms with Crippen LogP contribution in [0, 0.1) is 6.92 Å². The SMILES string of the molecule is Cc1cc(NC/C(N)=C/Nc2cccc(Nc3ccccc3)c2)ccn1. The Bertz CT molecular complexity index is 874. The van der Waals surface area contributed by atoms with Gasteiger partial charge in [-0.2, -0.15) is 0 Å². The Morgan fingerprint density at radius 2 is 1.69 bits per heavy atom. The summed E-state index contributed by atoms with van der Waals surface area (Å²) in [6.45, 7) is 2.51. The fraction of sp³-hybridized carbons (Fsp3) is 0.0952. The Kier molecular flexibility index (Phi) is 5.72. The van der Waals surface area contributed by atoms with Crippen molar-refractivity contribution in [3.8, 4) is 0 Å². The lowest BCUT2D eigenvalue weighted by Gasteiger charge is -2.10. The quantitative estimate of drug-likeness (QED) is 0.509. The van der Waals surface area contributed by atoms with Gasteiger partial charge in [0.2, 0.25) is 0 Å². The van der Waals surface area contributed by atoms with Gasteiger partial charge in [-0.1, -0.05) is 24.3 Å². The molecule has 5 nitrogen and oxygen atoms in total. The van der Waals surface area contributed by atoms with E-state index >= 15 is 0 Å². The van der Waals surface area contributed by atoms with Crippen molar-refractivity contribution in [1.29, 1.82) is 0 Å². The van der Waals surface area contributed by atoms with E-state index in [1.54, 1.807) is 6.20 Å². The van der Waals surface area contributed by atoms with Gasteiger partial charge in [0.05, 0.1) is 6.54 Å². The van der Waals surface area contributed by atoms with E-state index < -0.39 is 0 Å². The molecular weight excluding hydrogens is 322 g/mol. The first-order valence-electron chi connectivity index (χ1n) is 8.49. The number of aromatic nitrogens is 1. The van der Waals surface area contributed by atoms with Crippen molar-refractivity contribution >= 4 is 22.7 Å². The highest BCUT2D eigenvalue weighted by atomic mass is 14.9. The predicted octanol–water partition coefficient (Wildman–Crippen LogP) is 4.46. The minimum absolute atomic E-state index is 0.554. The lowest BCUT2D eigenvalue weighted by atomic mass is 10.2. The van der Waals surface area contributed by atoms with E-state index in [2.05, 4.69) is 20.9 Å². The summed E-state index contributed by atoms with van der Waals surface area (Å²) in [6, 6.07) is 22.0. The lowest BCUT2D eigenvalue weighted by molar-refractivity contribution is 1.14. The van der Waals surface area contributed by atoms with Crippen LogP contribution < -0.4 is 21.7 Å². The average Bonchev–Trinajstić information content (AvgIpc) is 2.66. The van der Waals surface area contributed by atoms with Crippen molar-refractivity contribution in [3.05, 3.63) is 90.5 Å². The Balaban J connectivity index is 1.56. The summed E-state index contributed by atoms with van der Waals surface area (Å²) in [6.07, 6.45) is 3.59. The molecule has 0 aliphatic carbocycles. The molecule has 0 fully saturated rings. The van der Waals surface area contributed by atoms with E-state index in [0.29, 0.717) is 12.2 Å². The fourth-order valence-electron chi connectivity index (χ4n) is 2.46. The van der Waals surface area contributed by atoms with Gasteiger partial charge in [0.15, 0.2) is 0 Å². The molecule has 0 saturated heterocycles. The lowest BCUT2D eigenvalue weighted by Crippen LogP contribution is -2.13. The van der Waals surface area contributed by atoms with Gasteiger partial charge in [0.25, 0.3) is 0 Å². The molecule has 0 atom stereocenters. The Labute approximate surface area is 154 Å². The van der Waals surface area contributed by atoms with Crippen molar-refractivity contribution in [3.63, 3.8) is 0 Å². The van der Waals surface area contributed by atoms with Gasteiger partial charge >= 0.3 is 0 Å². The molecule has 132 valence electrons. The van der Waals surface area contributed by atoms with E-state index in [-0.39, 0.29) is 0 Å². The number of benzene rings is 2. The second kappa shape index (κ2) is 8.58. The first-order valence-corrected chi connectivity index (χ1v) is 8.49. The molecule has 0 bridgehead atoms. The van der Waals surface area contributed by atoms with Crippen LogP contribution in [0.25, 0.3) is 0 Å². The number of nitrogens with two attached hydrogens (primary N) is 1.